The average molecular weight is 415 g/mol. The fourth-order valence-corrected chi connectivity index (χ4v) is 3.88. The number of nitrogen functional groups attached to an aromatic ring is 1. The molecule has 0 saturated carbocycles. The third-order valence-electron chi connectivity index (χ3n) is 5.90. The second-order valence-corrected chi connectivity index (χ2v) is 8.41. The Kier molecular flexibility index (Phi) is 8.02. The first-order valence-corrected chi connectivity index (χ1v) is 10.5. The summed E-state index contributed by atoms with van der Waals surface area (Å²) in [5.41, 5.74) is 13.6. The van der Waals surface area contributed by atoms with Gasteiger partial charge in [0.2, 0.25) is 0 Å². The monoisotopic (exact) mass is 414 g/mol. The third kappa shape index (κ3) is 5.01. The topological polar surface area (TPSA) is 57.0 Å². The Morgan fingerprint density at radius 1 is 0.933 bits per heavy atom. The van der Waals surface area contributed by atoms with Crippen molar-refractivity contribution in [2.45, 2.75) is 54.0 Å². The first-order chi connectivity index (χ1) is 14.1. The molecule has 0 saturated heterocycles. The van der Waals surface area contributed by atoms with E-state index in [1.165, 1.54) is 0 Å². The van der Waals surface area contributed by atoms with Gasteiger partial charge in [0, 0.05) is 24.3 Å². The highest BCUT2D eigenvalue weighted by atomic mass is 16.5. The SMILES string of the molecule is COc1c(C)c(C)c(OC)c(CN(C)CCOc2cc(C)c(N)cc2C(C)C)c1C. The predicted molar refractivity (Wildman–Crippen MR) is 125 cm³/mol. The highest BCUT2D eigenvalue weighted by Crippen LogP contribution is 2.38. The van der Waals surface area contributed by atoms with Crippen LogP contribution in [0.25, 0.3) is 0 Å². The molecule has 5 nitrogen and oxygen atoms in total. The largest absolute Gasteiger partial charge is 0.496 e. The van der Waals surface area contributed by atoms with Gasteiger partial charge in [0.25, 0.3) is 0 Å². The molecule has 0 aliphatic carbocycles. The van der Waals surface area contributed by atoms with E-state index in [4.69, 9.17) is 19.9 Å². The second-order valence-electron chi connectivity index (χ2n) is 8.41. The lowest BCUT2D eigenvalue weighted by Gasteiger charge is -2.24. The van der Waals surface area contributed by atoms with Gasteiger partial charge in [-0.05, 0) is 80.6 Å². The van der Waals surface area contributed by atoms with Crippen molar-refractivity contribution >= 4 is 5.69 Å². The van der Waals surface area contributed by atoms with Crippen LogP contribution in [0.2, 0.25) is 0 Å². The van der Waals surface area contributed by atoms with Crippen LogP contribution >= 0.6 is 0 Å². The summed E-state index contributed by atoms with van der Waals surface area (Å²) in [5, 5.41) is 0. The smallest absolute Gasteiger partial charge is 0.127 e. The van der Waals surface area contributed by atoms with E-state index in [-0.39, 0.29) is 0 Å². The van der Waals surface area contributed by atoms with Gasteiger partial charge in [0.15, 0.2) is 0 Å². The summed E-state index contributed by atoms with van der Waals surface area (Å²) < 4.78 is 17.6. The molecule has 166 valence electrons. The van der Waals surface area contributed by atoms with Crippen LogP contribution in [-0.4, -0.2) is 39.3 Å². The molecule has 5 heteroatoms. The number of nitrogens with zero attached hydrogens (tertiary/aromatic N) is 1. The van der Waals surface area contributed by atoms with E-state index < -0.39 is 0 Å². The zero-order valence-corrected chi connectivity index (χ0v) is 20.1. The van der Waals surface area contributed by atoms with Crippen molar-refractivity contribution < 1.29 is 14.2 Å². The fraction of sp³-hybridized carbons (Fsp3) is 0.520. The number of hydrogen-bond donors (Lipinski definition) is 1. The third-order valence-corrected chi connectivity index (χ3v) is 5.90. The average Bonchev–Trinajstić information content (AvgIpc) is 2.69. The van der Waals surface area contributed by atoms with Crippen molar-refractivity contribution in [2.24, 2.45) is 0 Å². The molecule has 2 aromatic rings. The van der Waals surface area contributed by atoms with Gasteiger partial charge < -0.3 is 19.9 Å². The maximum atomic E-state index is 6.16. The van der Waals surface area contributed by atoms with Crippen LogP contribution in [0.1, 0.15) is 53.1 Å². The summed E-state index contributed by atoms with van der Waals surface area (Å²) in [6, 6.07) is 4.08. The summed E-state index contributed by atoms with van der Waals surface area (Å²) in [5.74, 6) is 3.16. The van der Waals surface area contributed by atoms with E-state index in [1.54, 1.807) is 14.2 Å². The molecule has 0 radical (unpaired) electrons. The van der Waals surface area contributed by atoms with Gasteiger partial charge in [-0.15, -0.1) is 0 Å². The Balaban J connectivity index is 2.14. The Morgan fingerprint density at radius 3 is 2.10 bits per heavy atom. The van der Waals surface area contributed by atoms with Crippen LogP contribution in [0.5, 0.6) is 17.2 Å². The Hall–Kier alpha value is -2.40. The minimum atomic E-state index is 0.357. The summed E-state index contributed by atoms with van der Waals surface area (Å²) in [7, 11) is 5.56. The summed E-state index contributed by atoms with van der Waals surface area (Å²) in [4.78, 5) is 2.25. The molecular weight excluding hydrogens is 376 g/mol. The maximum Gasteiger partial charge on any atom is 0.127 e. The van der Waals surface area contributed by atoms with Gasteiger partial charge in [-0.25, -0.2) is 0 Å². The van der Waals surface area contributed by atoms with Crippen LogP contribution in [0, 0.1) is 27.7 Å². The molecule has 0 unspecified atom stereocenters. The highest BCUT2D eigenvalue weighted by molar-refractivity contribution is 5.58. The zero-order valence-electron chi connectivity index (χ0n) is 20.1. The molecule has 0 bridgehead atoms. The quantitative estimate of drug-likeness (QED) is 0.575. The zero-order chi connectivity index (χ0) is 22.6. The molecule has 0 amide bonds. The minimum absolute atomic E-state index is 0.357. The van der Waals surface area contributed by atoms with Gasteiger partial charge in [0.1, 0.15) is 23.9 Å². The van der Waals surface area contributed by atoms with E-state index in [1.807, 2.05) is 19.1 Å². The van der Waals surface area contributed by atoms with E-state index in [0.29, 0.717) is 12.5 Å². The van der Waals surface area contributed by atoms with Crippen LogP contribution in [0.4, 0.5) is 5.69 Å². The molecule has 0 aliphatic heterocycles. The number of hydrogen-bond acceptors (Lipinski definition) is 5. The number of ether oxygens (including phenoxy) is 3. The first-order valence-electron chi connectivity index (χ1n) is 10.5. The lowest BCUT2D eigenvalue weighted by atomic mass is 9.97. The van der Waals surface area contributed by atoms with Gasteiger partial charge >= 0.3 is 0 Å². The minimum Gasteiger partial charge on any atom is -0.496 e. The number of nitrogens with two attached hydrogens (primary N) is 1. The van der Waals surface area contributed by atoms with Crippen molar-refractivity contribution in [3.8, 4) is 17.2 Å². The van der Waals surface area contributed by atoms with Crippen molar-refractivity contribution in [1.82, 2.24) is 4.90 Å². The maximum absolute atomic E-state index is 6.16. The Morgan fingerprint density at radius 2 is 1.53 bits per heavy atom. The molecule has 30 heavy (non-hydrogen) atoms. The van der Waals surface area contributed by atoms with E-state index in [2.05, 4.69) is 46.6 Å². The van der Waals surface area contributed by atoms with E-state index in [0.717, 1.165) is 69.4 Å². The number of likely N-dealkylation sites (N-methyl/N-ethyl adjacent to an activating group) is 1. The highest BCUT2D eigenvalue weighted by Gasteiger charge is 2.20. The van der Waals surface area contributed by atoms with Crippen LogP contribution in [0.3, 0.4) is 0 Å². The van der Waals surface area contributed by atoms with Crippen molar-refractivity contribution in [2.75, 3.05) is 40.2 Å². The van der Waals surface area contributed by atoms with Crippen molar-refractivity contribution in [3.05, 3.63) is 45.5 Å². The normalized spacial score (nSPS) is 11.3. The molecule has 0 aromatic heterocycles. The van der Waals surface area contributed by atoms with Gasteiger partial charge in [-0.1, -0.05) is 13.8 Å². The van der Waals surface area contributed by atoms with E-state index >= 15 is 0 Å². The van der Waals surface area contributed by atoms with E-state index in [9.17, 15) is 0 Å². The lowest BCUT2D eigenvalue weighted by Crippen LogP contribution is -2.25. The standard InChI is InChI=1S/C25H38N2O3/c1-15(2)20-13-22(26)16(3)12-23(20)30-11-10-27(7)14-21-19(6)24(28-8)17(4)18(5)25(21)29-9/h12-13,15H,10-11,14,26H2,1-9H3. The molecule has 0 aliphatic rings. The fourth-order valence-electron chi connectivity index (χ4n) is 3.88. The molecule has 2 N–H and O–H groups in total. The van der Waals surface area contributed by atoms with Crippen LogP contribution in [-0.2, 0) is 6.54 Å². The summed E-state index contributed by atoms with van der Waals surface area (Å²) >= 11 is 0. The molecule has 0 heterocycles. The molecule has 0 fully saturated rings. The lowest BCUT2D eigenvalue weighted by molar-refractivity contribution is 0.228. The number of methoxy groups -OCH3 is 2. The van der Waals surface area contributed by atoms with Crippen molar-refractivity contribution in [1.29, 1.82) is 0 Å². The molecule has 0 spiro atoms. The Bertz CT molecular complexity index is 891. The number of rotatable bonds is 9. The van der Waals surface area contributed by atoms with Gasteiger partial charge in [-0.3, -0.25) is 4.90 Å². The summed E-state index contributed by atoms with van der Waals surface area (Å²) in [6.07, 6.45) is 0. The molecule has 2 aromatic carbocycles. The summed E-state index contributed by atoms with van der Waals surface area (Å²) in [6.45, 7) is 14.7. The Labute approximate surface area is 182 Å². The molecule has 0 atom stereocenters. The van der Waals surface area contributed by atoms with Crippen molar-refractivity contribution in [3.63, 3.8) is 0 Å². The van der Waals surface area contributed by atoms with Crippen LogP contribution < -0.4 is 19.9 Å². The number of benzene rings is 2. The number of anilines is 1. The van der Waals surface area contributed by atoms with Gasteiger partial charge in [0.05, 0.1) is 14.2 Å². The molecule has 2 rings (SSSR count). The first kappa shape index (κ1) is 23.9. The second kappa shape index (κ2) is 10.1. The van der Waals surface area contributed by atoms with Crippen LogP contribution in [0.15, 0.2) is 12.1 Å². The number of aryl methyl sites for hydroxylation is 1. The van der Waals surface area contributed by atoms with Gasteiger partial charge in [-0.2, -0.15) is 0 Å². The molecular formula is C25H38N2O3. The predicted octanol–water partition coefficient (Wildman–Crippen LogP) is 5.15.